The maximum absolute atomic E-state index is 3.55. The minimum atomic E-state index is 0.748. The second kappa shape index (κ2) is 9.08. The van der Waals surface area contributed by atoms with E-state index >= 15 is 0 Å². The zero-order valence-corrected chi connectivity index (χ0v) is 12.0. The van der Waals surface area contributed by atoms with Crippen LogP contribution in [0.2, 0.25) is 0 Å². The van der Waals surface area contributed by atoms with E-state index in [1.807, 2.05) is 23.1 Å². The van der Waals surface area contributed by atoms with Gasteiger partial charge >= 0.3 is 0 Å². The standard InChI is InChI=1S/C13H23NS2/c1-3-15-8-5-7-14-11-12(2)10-13-6-4-9-16-13/h4,6,9,12,14H,3,5,7-8,10-11H2,1-2H3. The van der Waals surface area contributed by atoms with E-state index in [1.54, 1.807) is 0 Å². The van der Waals surface area contributed by atoms with Crippen LogP contribution in [0.5, 0.6) is 0 Å². The first-order chi connectivity index (χ1) is 7.83. The number of thioether (sulfide) groups is 1. The summed E-state index contributed by atoms with van der Waals surface area (Å²) < 4.78 is 0. The van der Waals surface area contributed by atoms with Gasteiger partial charge in [0.15, 0.2) is 0 Å². The lowest BCUT2D eigenvalue weighted by Crippen LogP contribution is -2.23. The maximum atomic E-state index is 3.55. The van der Waals surface area contributed by atoms with E-state index < -0.39 is 0 Å². The Balaban J connectivity index is 1.96. The molecule has 1 nitrogen and oxygen atoms in total. The highest BCUT2D eigenvalue weighted by Gasteiger charge is 2.03. The van der Waals surface area contributed by atoms with Crippen LogP contribution in [0, 0.1) is 5.92 Å². The van der Waals surface area contributed by atoms with Crippen LogP contribution < -0.4 is 5.32 Å². The Labute approximate surface area is 108 Å². The zero-order chi connectivity index (χ0) is 11.6. The molecule has 0 aliphatic rings. The summed E-state index contributed by atoms with van der Waals surface area (Å²) in [6, 6.07) is 4.38. The fourth-order valence-corrected chi connectivity index (χ4v) is 3.14. The van der Waals surface area contributed by atoms with Crippen molar-refractivity contribution in [3.8, 4) is 0 Å². The summed E-state index contributed by atoms with van der Waals surface area (Å²) in [7, 11) is 0. The van der Waals surface area contributed by atoms with Crippen LogP contribution in [-0.2, 0) is 6.42 Å². The molecule has 0 aliphatic carbocycles. The first-order valence-electron chi connectivity index (χ1n) is 6.13. The van der Waals surface area contributed by atoms with E-state index in [9.17, 15) is 0 Å². The van der Waals surface area contributed by atoms with Gasteiger partial charge in [-0.2, -0.15) is 11.8 Å². The number of hydrogen-bond donors (Lipinski definition) is 1. The SMILES string of the molecule is CCSCCCNCC(C)Cc1cccs1. The third-order valence-electron chi connectivity index (χ3n) is 2.47. The predicted molar refractivity (Wildman–Crippen MR) is 77.7 cm³/mol. The molecule has 16 heavy (non-hydrogen) atoms. The average molecular weight is 257 g/mol. The summed E-state index contributed by atoms with van der Waals surface area (Å²) in [6.07, 6.45) is 2.51. The molecule has 92 valence electrons. The molecule has 0 amide bonds. The maximum Gasteiger partial charge on any atom is 0.00483 e. The third kappa shape index (κ3) is 6.56. The lowest BCUT2D eigenvalue weighted by molar-refractivity contribution is 0.514. The molecule has 0 aromatic carbocycles. The molecule has 1 aromatic heterocycles. The van der Waals surface area contributed by atoms with Gasteiger partial charge in [0, 0.05) is 4.88 Å². The van der Waals surface area contributed by atoms with Crippen LogP contribution in [0.1, 0.15) is 25.1 Å². The minimum Gasteiger partial charge on any atom is -0.316 e. The molecule has 0 saturated heterocycles. The Morgan fingerprint density at radius 3 is 3.06 bits per heavy atom. The molecule has 0 bridgehead atoms. The van der Waals surface area contributed by atoms with E-state index in [1.165, 1.54) is 35.8 Å². The van der Waals surface area contributed by atoms with Gasteiger partial charge < -0.3 is 5.32 Å². The molecule has 3 heteroatoms. The highest BCUT2D eigenvalue weighted by Crippen LogP contribution is 2.13. The second-order valence-corrected chi connectivity index (χ2v) is 6.57. The van der Waals surface area contributed by atoms with Gasteiger partial charge in [-0.15, -0.1) is 11.3 Å². The summed E-state index contributed by atoms with van der Waals surface area (Å²) in [5.41, 5.74) is 0. The van der Waals surface area contributed by atoms with Crippen molar-refractivity contribution in [2.24, 2.45) is 5.92 Å². The molecule has 1 heterocycles. The van der Waals surface area contributed by atoms with Crippen LogP contribution >= 0.6 is 23.1 Å². The van der Waals surface area contributed by atoms with E-state index in [4.69, 9.17) is 0 Å². The fourth-order valence-electron chi connectivity index (χ4n) is 1.64. The van der Waals surface area contributed by atoms with Crippen molar-refractivity contribution in [2.45, 2.75) is 26.7 Å². The Morgan fingerprint density at radius 1 is 1.50 bits per heavy atom. The third-order valence-corrected chi connectivity index (χ3v) is 4.35. The Kier molecular flexibility index (Phi) is 7.99. The highest BCUT2D eigenvalue weighted by molar-refractivity contribution is 7.99. The van der Waals surface area contributed by atoms with Gasteiger partial charge in [0.05, 0.1) is 0 Å². The van der Waals surface area contributed by atoms with Crippen molar-refractivity contribution >= 4 is 23.1 Å². The van der Waals surface area contributed by atoms with Gasteiger partial charge in [0.2, 0.25) is 0 Å². The Hall–Kier alpha value is 0.01000. The van der Waals surface area contributed by atoms with Crippen molar-refractivity contribution in [1.82, 2.24) is 5.32 Å². The summed E-state index contributed by atoms with van der Waals surface area (Å²) in [5, 5.41) is 5.71. The lowest BCUT2D eigenvalue weighted by atomic mass is 10.1. The minimum absolute atomic E-state index is 0.748. The summed E-state index contributed by atoms with van der Waals surface area (Å²) in [6.45, 7) is 6.87. The first kappa shape index (κ1) is 14.1. The number of nitrogens with one attached hydrogen (secondary N) is 1. The topological polar surface area (TPSA) is 12.0 Å². The predicted octanol–water partition coefficient (Wildman–Crippen LogP) is 3.66. The molecular formula is C13H23NS2. The fraction of sp³-hybridized carbons (Fsp3) is 0.692. The largest absolute Gasteiger partial charge is 0.316 e. The van der Waals surface area contributed by atoms with E-state index in [0.717, 1.165) is 12.5 Å². The molecule has 0 radical (unpaired) electrons. The summed E-state index contributed by atoms with van der Waals surface area (Å²) in [5.74, 6) is 3.29. The van der Waals surface area contributed by atoms with Gasteiger partial charge in [-0.25, -0.2) is 0 Å². The van der Waals surface area contributed by atoms with Crippen LogP contribution in [0.4, 0.5) is 0 Å². The molecule has 0 spiro atoms. The molecule has 1 atom stereocenters. The lowest BCUT2D eigenvalue weighted by Gasteiger charge is -2.11. The smallest absolute Gasteiger partial charge is 0.00483 e. The molecule has 0 saturated carbocycles. The van der Waals surface area contributed by atoms with Gasteiger partial charge in [0.1, 0.15) is 0 Å². The number of hydrogen-bond acceptors (Lipinski definition) is 3. The zero-order valence-electron chi connectivity index (χ0n) is 10.4. The molecule has 0 aliphatic heterocycles. The first-order valence-corrected chi connectivity index (χ1v) is 8.17. The second-order valence-electron chi connectivity index (χ2n) is 4.14. The van der Waals surface area contributed by atoms with Crippen molar-refractivity contribution in [3.63, 3.8) is 0 Å². The van der Waals surface area contributed by atoms with E-state index in [0.29, 0.717) is 0 Å². The molecular weight excluding hydrogens is 234 g/mol. The number of rotatable bonds is 9. The van der Waals surface area contributed by atoms with Crippen molar-refractivity contribution < 1.29 is 0 Å². The average Bonchev–Trinajstić information content (AvgIpc) is 2.76. The van der Waals surface area contributed by atoms with Crippen molar-refractivity contribution in [2.75, 3.05) is 24.6 Å². The Morgan fingerprint density at radius 2 is 2.38 bits per heavy atom. The molecule has 1 unspecified atom stereocenters. The van der Waals surface area contributed by atoms with Crippen molar-refractivity contribution in [1.29, 1.82) is 0 Å². The van der Waals surface area contributed by atoms with Gasteiger partial charge in [-0.3, -0.25) is 0 Å². The normalized spacial score (nSPS) is 12.9. The molecule has 1 rings (SSSR count). The summed E-state index contributed by atoms with van der Waals surface area (Å²) >= 11 is 3.90. The monoisotopic (exact) mass is 257 g/mol. The van der Waals surface area contributed by atoms with Crippen LogP contribution in [0.15, 0.2) is 17.5 Å². The van der Waals surface area contributed by atoms with E-state index in [2.05, 4.69) is 36.7 Å². The molecule has 1 aromatic rings. The van der Waals surface area contributed by atoms with Crippen LogP contribution in [-0.4, -0.2) is 24.6 Å². The van der Waals surface area contributed by atoms with E-state index in [-0.39, 0.29) is 0 Å². The molecule has 0 fully saturated rings. The van der Waals surface area contributed by atoms with Gasteiger partial charge in [0.25, 0.3) is 0 Å². The van der Waals surface area contributed by atoms with Crippen LogP contribution in [0.25, 0.3) is 0 Å². The molecule has 1 N–H and O–H groups in total. The van der Waals surface area contributed by atoms with Crippen LogP contribution in [0.3, 0.4) is 0 Å². The quantitative estimate of drug-likeness (QED) is 0.678. The highest BCUT2D eigenvalue weighted by atomic mass is 32.2. The number of thiophene rings is 1. The van der Waals surface area contributed by atoms with Gasteiger partial charge in [-0.05, 0) is 54.8 Å². The summed E-state index contributed by atoms with van der Waals surface area (Å²) in [4.78, 5) is 1.51. The Bertz CT molecular complexity index is 246. The van der Waals surface area contributed by atoms with Gasteiger partial charge in [-0.1, -0.05) is 19.9 Å². The van der Waals surface area contributed by atoms with Crippen molar-refractivity contribution in [3.05, 3.63) is 22.4 Å².